The summed E-state index contributed by atoms with van der Waals surface area (Å²) < 4.78 is 38.4. The molecule has 0 N–H and O–H groups in total. The Bertz CT molecular complexity index is 523. The van der Waals surface area contributed by atoms with Crippen molar-refractivity contribution in [3.05, 3.63) is 24.3 Å². The van der Waals surface area contributed by atoms with Gasteiger partial charge in [0, 0.05) is 0 Å². The summed E-state index contributed by atoms with van der Waals surface area (Å²) in [5.74, 6) is 1.42. The third-order valence-corrected chi connectivity index (χ3v) is 3.70. The monoisotopic (exact) mass is 316 g/mol. The van der Waals surface area contributed by atoms with Crippen LogP contribution < -0.4 is 9.47 Å². The van der Waals surface area contributed by atoms with Crippen molar-refractivity contribution in [3.63, 3.8) is 0 Å². The molecule has 3 atom stereocenters. The Kier molecular flexibility index (Phi) is 6.48. The first-order valence-corrected chi connectivity index (χ1v) is 8.84. The molecule has 3 unspecified atom stereocenters. The summed E-state index contributed by atoms with van der Waals surface area (Å²) in [5, 5.41) is 0. The van der Waals surface area contributed by atoms with Crippen molar-refractivity contribution in [2.45, 2.75) is 52.4 Å². The maximum atomic E-state index is 11.1. The Morgan fingerprint density at radius 3 is 1.86 bits per heavy atom. The first-order valence-electron chi connectivity index (χ1n) is 7.03. The van der Waals surface area contributed by atoms with Gasteiger partial charge in [-0.05, 0) is 51.5 Å². The van der Waals surface area contributed by atoms with E-state index >= 15 is 0 Å². The van der Waals surface area contributed by atoms with Gasteiger partial charge in [0.2, 0.25) is 0 Å². The largest absolute Gasteiger partial charge is 0.491 e. The molecular weight excluding hydrogens is 292 g/mol. The van der Waals surface area contributed by atoms with Crippen LogP contribution in [0.25, 0.3) is 0 Å². The SMILES string of the molecule is CCC(C)Oc1ccc(OC(C)C(C)OS(C)(=O)=O)cc1. The third kappa shape index (κ3) is 6.82. The van der Waals surface area contributed by atoms with Crippen LogP contribution in [0.4, 0.5) is 0 Å². The molecule has 0 bridgehead atoms. The van der Waals surface area contributed by atoms with Gasteiger partial charge in [-0.2, -0.15) is 8.42 Å². The molecule has 0 radical (unpaired) electrons. The molecule has 0 spiro atoms. The summed E-state index contributed by atoms with van der Waals surface area (Å²) in [6.07, 6.45) is 1.18. The average Bonchev–Trinajstić information content (AvgIpc) is 2.38. The van der Waals surface area contributed by atoms with Crippen LogP contribution in [0.15, 0.2) is 24.3 Å². The van der Waals surface area contributed by atoms with Crippen molar-refractivity contribution in [1.29, 1.82) is 0 Å². The molecule has 120 valence electrons. The molecule has 0 aliphatic heterocycles. The van der Waals surface area contributed by atoms with Crippen LogP contribution in [0.5, 0.6) is 11.5 Å². The molecule has 0 saturated carbocycles. The molecule has 21 heavy (non-hydrogen) atoms. The minimum Gasteiger partial charge on any atom is -0.491 e. The number of hydrogen-bond donors (Lipinski definition) is 0. The molecule has 0 aliphatic carbocycles. The summed E-state index contributed by atoms with van der Waals surface area (Å²) in [6, 6.07) is 7.25. The highest BCUT2D eigenvalue weighted by molar-refractivity contribution is 7.86. The first kappa shape index (κ1) is 17.8. The van der Waals surface area contributed by atoms with Gasteiger partial charge in [0.05, 0.1) is 12.4 Å². The second-order valence-corrected chi connectivity index (χ2v) is 6.74. The molecule has 5 nitrogen and oxygen atoms in total. The molecule has 0 aromatic heterocycles. The lowest BCUT2D eigenvalue weighted by Gasteiger charge is -2.21. The van der Waals surface area contributed by atoms with E-state index in [1.807, 2.05) is 19.1 Å². The standard InChI is InChI=1S/C15H24O5S/c1-6-11(2)18-14-7-9-15(10-8-14)19-12(3)13(4)20-21(5,16)17/h7-13H,6H2,1-5H3. The van der Waals surface area contributed by atoms with Crippen LogP contribution in [-0.4, -0.2) is 33.0 Å². The van der Waals surface area contributed by atoms with Crippen molar-refractivity contribution >= 4 is 10.1 Å². The van der Waals surface area contributed by atoms with Crippen LogP contribution in [0.3, 0.4) is 0 Å². The minimum atomic E-state index is -3.48. The van der Waals surface area contributed by atoms with E-state index < -0.39 is 16.2 Å². The fourth-order valence-corrected chi connectivity index (χ4v) is 2.28. The molecule has 0 amide bonds. The van der Waals surface area contributed by atoms with Gasteiger partial charge in [0.25, 0.3) is 10.1 Å². The average molecular weight is 316 g/mol. The Balaban J connectivity index is 2.59. The highest BCUT2D eigenvalue weighted by Gasteiger charge is 2.19. The van der Waals surface area contributed by atoms with E-state index in [9.17, 15) is 8.42 Å². The van der Waals surface area contributed by atoms with Crippen molar-refractivity contribution in [2.75, 3.05) is 6.26 Å². The molecule has 0 fully saturated rings. The highest BCUT2D eigenvalue weighted by atomic mass is 32.2. The van der Waals surface area contributed by atoms with Gasteiger partial charge in [0.1, 0.15) is 23.7 Å². The van der Waals surface area contributed by atoms with Crippen molar-refractivity contribution in [3.8, 4) is 11.5 Å². The van der Waals surface area contributed by atoms with E-state index in [4.69, 9.17) is 13.7 Å². The van der Waals surface area contributed by atoms with Gasteiger partial charge in [0.15, 0.2) is 0 Å². The van der Waals surface area contributed by atoms with Gasteiger partial charge in [-0.25, -0.2) is 0 Å². The van der Waals surface area contributed by atoms with Gasteiger partial charge < -0.3 is 9.47 Å². The number of rotatable bonds is 8. The molecule has 6 heteroatoms. The van der Waals surface area contributed by atoms with Crippen molar-refractivity contribution in [2.24, 2.45) is 0 Å². The van der Waals surface area contributed by atoms with Gasteiger partial charge in [-0.3, -0.25) is 4.18 Å². The predicted octanol–water partition coefficient (Wildman–Crippen LogP) is 3.00. The topological polar surface area (TPSA) is 61.8 Å². The Morgan fingerprint density at radius 2 is 1.43 bits per heavy atom. The maximum absolute atomic E-state index is 11.1. The maximum Gasteiger partial charge on any atom is 0.264 e. The Hall–Kier alpha value is -1.27. The van der Waals surface area contributed by atoms with E-state index in [2.05, 4.69) is 6.92 Å². The second kappa shape index (κ2) is 7.66. The van der Waals surface area contributed by atoms with E-state index in [1.165, 1.54) is 0 Å². The van der Waals surface area contributed by atoms with E-state index in [-0.39, 0.29) is 12.2 Å². The van der Waals surface area contributed by atoms with Crippen molar-refractivity contribution < 1.29 is 22.1 Å². The summed E-state index contributed by atoms with van der Waals surface area (Å²) in [7, 11) is -3.48. The third-order valence-electron chi connectivity index (χ3n) is 3.05. The van der Waals surface area contributed by atoms with Crippen LogP contribution in [-0.2, 0) is 14.3 Å². The van der Waals surface area contributed by atoms with E-state index in [0.717, 1.165) is 18.4 Å². The zero-order chi connectivity index (χ0) is 16.0. The van der Waals surface area contributed by atoms with Gasteiger partial charge in [-0.1, -0.05) is 6.92 Å². The second-order valence-electron chi connectivity index (χ2n) is 5.14. The quantitative estimate of drug-likeness (QED) is 0.690. The zero-order valence-corrected chi connectivity index (χ0v) is 14.0. The predicted molar refractivity (Wildman–Crippen MR) is 82.3 cm³/mol. The van der Waals surface area contributed by atoms with Crippen LogP contribution in [0, 0.1) is 0 Å². The number of hydrogen-bond acceptors (Lipinski definition) is 5. The van der Waals surface area contributed by atoms with E-state index in [0.29, 0.717) is 5.75 Å². The van der Waals surface area contributed by atoms with Crippen LogP contribution in [0.2, 0.25) is 0 Å². The lowest BCUT2D eigenvalue weighted by Crippen LogP contribution is -2.30. The molecular formula is C15H24O5S. The van der Waals surface area contributed by atoms with Gasteiger partial charge >= 0.3 is 0 Å². The smallest absolute Gasteiger partial charge is 0.264 e. The Labute approximate surface area is 127 Å². The lowest BCUT2D eigenvalue weighted by molar-refractivity contribution is 0.0832. The number of benzene rings is 1. The fraction of sp³-hybridized carbons (Fsp3) is 0.600. The minimum absolute atomic E-state index is 0.166. The lowest BCUT2D eigenvalue weighted by atomic mass is 10.2. The normalized spacial score (nSPS) is 16.0. The summed E-state index contributed by atoms with van der Waals surface area (Å²) in [5.41, 5.74) is 0. The summed E-state index contributed by atoms with van der Waals surface area (Å²) >= 11 is 0. The molecule has 1 aromatic carbocycles. The first-order chi connectivity index (χ1) is 9.71. The molecule has 0 saturated heterocycles. The van der Waals surface area contributed by atoms with Gasteiger partial charge in [-0.15, -0.1) is 0 Å². The molecule has 1 aromatic rings. The molecule has 0 aliphatic rings. The summed E-state index contributed by atoms with van der Waals surface area (Å²) in [6.45, 7) is 7.50. The summed E-state index contributed by atoms with van der Waals surface area (Å²) in [4.78, 5) is 0. The van der Waals surface area contributed by atoms with Crippen LogP contribution >= 0.6 is 0 Å². The fourth-order valence-electron chi connectivity index (χ4n) is 1.58. The molecule has 0 heterocycles. The van der Waals surface area contributed by atoms with Crippen LogP contribution in [0.1, 0.15) is 34.1 Å². The Morgan fingerprint density at radius 1 is 0.952 bits per heavy atom. The highest BCUT2D eigenvalue weighted by Crippen LogP contribution is 2.21. The van der Waals surface area contributed by atoms with Crippen molar-refractivity contribution in [1.82, 2.24) is 0 Å². The zero-order valence-electron chi connectivity index (χ0n) is 13.2. The van der Waals surface area contributed by atoms with E-state index in [1.54, 1.807) is 26.0 Å². The number of ether oxygens (including phenoxy) is 2. The molecule has 1 rings (SSSR count).